The molecule has 0 spiro atoms. The molecule has 0 bridgehead atoms. The van der Waals surface area contributed by atoms with E-state index in [9.17, 15) is 0 Å². The lowest BCUT2D eigenvalue weighted by Gasteiger charge is -2.21. The van der Waals surface area contributed by atoms with Gasteiger partial charge in [0, 0.05) is 25.7 Å². The van der Waals surface area contributed by atoms with Crippen LogP contribution in [0.4, 0.5) is 0 Å². The maximum absolute atomic E-state index is 5.55. The Balaban J connectivity index is 0.00000288. The fourth-order valence-electron chi connectivity index (χ4n) is 2.22. The second-order valence-electron chi connectivity index (χ2n) is 5.46. The highest BCUT2D eigenvalue weighted by atomic mass is 127. The van der Waals surface area contributed by atoms with Gasteiger partial charge in [-0.1, -0.05) is 31.5 Å². The van der Waals surface area contributed by atoms with Gasteiger partial charge in [0.15, 0.2) is 5.96 Å². The molecule has 5 nitrogen and oxygen atoms in total. The third-order valence-corrected chi connectivity index (χ3v) is 3.51. The Morgan fingerprint density at radius 3 is 2.67 bits per heavy atom. The van der Waals surface area contributed by atoms with Crippen LogP contribution in [0.25, 0.3) is 11.5 Å². The number of hydrogen-bond acceptors (Lipinski definition) is 3. The Morgan fingerprint density at radius 1 is 1.25 bits per heavy atom. The summed E-state index contributed by atoms with van der Waals surface area (Å²) >= 11 is 0. The highest BCUT2D eigenvalue weighted by Gasteiger charge is 2.08. The van der Waals surface area contributed by atoms with Crippen molar-refractivity contribution < 1.29 is 4.42 Å². The maximum Gasteiger partial charge on any atom is 0.226 e. The highest BCUT2D eigenvalue weighted by Crippen LogP contribution is 2.18. The summed E-state index contributed by atoms with van der Waals surface area (Å²) in [6, 6.07) is 9.90. The smallest absolute Gasteiger partial charge is 0.226 e. The Morgan fingerprint density at radius 2 is 2.00 bits per heavy atom. The molecule has 1 heterocycles. The van der Waals surface area contributed by atoms with Crippen molar-refractivity contribution in [3.8, 4) is 11.5 Å². The zero-order chi connectivity index (χ0) is 16.5. The van der Waals surface area contributed by atoms with Crippen molar-refractivity contribution in [1.82, 2.24) is 15.2 Å². The minimum atomic E-state index is 0. The standard InChI is InChI=1S/C18H26N4O.HI/c1-4-6-12-22(3)18(19-5-2)20-13-16-14-23-17(21-16)15-10-8-7-9-11-15;/h7-11,14H,4-6,12-13H2,1-3H3,(H,19,20);1H. The second kappa shape index (κ2) is 11.1. The van der Waals surface area contributed by atoms with Gasteiger partial charge in [-0.15, -0.1) is 24.0 Å². The summed E-state index contributed by atoms with van der Waals surface area (Å²) in [5, 5.41) is 3.32. The van der Waals surface area contributed by atoms with Gasteiger partial charge in [-0.3, -0.25) is 0 Å². The SMILES string of the molecule is CCCCN(C)C(=NCc1coc(-c2ccccc2)n1)NCC.I. The van der Waals surface area contributed by atoms with Crippen molar-refractivity contribution >= 4 is 29.9 Å². The average Bonchev–Trinajstić information content (AvgIpc) is 3.06. The number of halogens is 1. The summed E-state index contributed by atoms with van der Waals surface area (Å²) in [6.45, 7) is 6.63. The number of aliphatic imine (C=N–C) groups is 1. The number of aromatic nitrogens is 1. The lowest BCUT2D eigenvalue weighted by Crippen LogP contribution is -2.39. The largest absolute Gasteiger partial charge is 0.444 e. The number of guanidine groups is 1. The Labute approximate surface area is 161 Å². The molecule has 6 heteroatoms. The summed E-state index contributed by atoms with van der Waals surface area (Å²) in [7, 11) is 2.06. The molecule has 0 fully saturated rings. The normalized spacial score (nSPS) is 11.0. The topological polar surface area (TPSA) is 53.7 Å². The number of oxazole rings is 1. The van der Waals surface area contributed by atoms with Crippen LogP contribution in [0.2, 0.25) is 0 Å². The van der Waals surface area contributed by atoms with Gasteiger partial charge in [-0.2, -0.15) is 0 Å². The Hall–Kier alpha value is -1.57. The van der Waals surface area contributed by atoms with Crippen molar-refractivity contribution in [2.24, 2.45) is 4.99 Å². The van der Waals surface area contributed by atoms with Crippen molar-refractivity contribution in [3.05, 3.63) is 42.3 Å². The van der Waals surface area contributed by atoms with Crippen molar-refractivity contribution in [3.63, 3.8) is 0 Å². The van der Waals surface area contributed by atoms with E-state index in [1.54, 1.807) is 6.26 Å². The number of rotatable bonds is 7. The number of unbranched alkanes of at least 4 members (excludes halogenated alkanes) is 1. The molecular formula is C18H27IN4O. The fourth-order valence-corrected chi connectivity index (χ4v) is 2.22. The van der Waals surface area contributed by atoms with Crippen LogP contribution in [0, 0.1) is 0 Å². The van der Waals surface area contributed by atoms with E-state index in [4.69, 9.17) is 4.42 Å². The second-order valence-corrected chi connectivity index (χ2v) is 5.46. The van der Waals surface area contributed by atoms with Gasteiger partial charge < -0.3 is 14.6 Å². The molecule has 0 saturated carbocycles. The van der Waals surface area contributed by atoms with Gasteiger partial charge in [0.25, 0.3) is 0 Å². The molecule has 1 N–H and O–H groups in total. The summed E-state index contributed by atoms with van der Waals surface area (Å²) in [4.78, 5) is 11.3. The lowest BCUT2D eigenvalue weighted by molar-refractivity contribution is 0.464. The summed E-state index contributed by atoms with van der Waals surface area (Å²) in [5.74, 6) is 1.55. The first-order chi connectivity index (χ1) is 11.2. The molecular weight excluding hydrogens is 415 g/mol. The monoisotopic (exact) mass is 442 g/mol. The number of benzene rings is 1. The molecule has 0 radical (unpaired) electrons. The van der Waals surface area contributed by atoms with E-state index in [0.717, 1.165) is 36.7 Å². The molecule has 0 amide bonds. The van der Waals surface area contributed by atoms with Gasteiger partial charge in [0.05, 0.1) is 6.54 Å². The van der Waals surface area contributed by atoms with Gasteiger partial charge in [-0.25, -0.2) is 9.98 Å². The van der Waals surface area contributed by atoms with Crippen LogP contribution in [0.15, 0.2) is 46.0 Å². The van der Waals surface area contributed by atoms with Crippen LogP contribution in [0.1, 0.15) is 32.4 Å². The van der Waals surface area contributed by atoms with E-state index in [1.165, 1.54) is 6.42 Å². The van der Waals surface area contributed by atoms with E-state index >= 15 is 0 Å². The first kappa shape index (κ1) is 20.5. The van der Waals surface area contributed by atoms with Crippen LogP contribution in [0.3, 0.4) is 0 Å². The van der Waals surface area contributed by atoms with Crippen molar-refractivity contribution in [1.29, 1.82) is 0 Å². The molecule has 2 rings (SSSR count). The fraction of sp³-hybridized carbons (Fsp3) is 0.444. The lowest BCUT2D eigenvalue weighted by atomic mass is 10.2. The van der Waals surface area contributed by atoms with Gasteiger partial charge in [0.1, 0.15) is 12.0 Å². The Bertz CT molecular complexity index is 612. The minimum absolute atomic E-state index is 0. The number of hydrogen-bond donors (Lipinski definition) is 1. The van der Waals surface area contributed by atoms with E-state index in [-0.39, 0.29) is 24.0 Å². The number of nitrogens with zero attached hydrogens (tertiary/aromatic N) is 3. The third-order valence-electron chi connectivity index (χ3n) is 3.51. The van der Waals surface area contributed by atoms with Gasteiger partial charge in [-0.05, 0) is 25.5 Å². The minimum Gasteiger partial charge on any atom is -0.444 e. The van der Waals surface area contributed by atoms with Gasteiger partial charge in [0.2, 0.25) is 5.89 Å². The molecule has 0 aliphatic rings. The van der Waals surface area contributed by atoms with E-state index in [1.807, 2.05) is 30.3 Å². The van der Waals surface area contributed by atoms with E-state index in [2.05, 4.69) is 41.1 Å². The molecule has 0 aliphatic carbocycles. The summed E-state index contributed by atoms with van der Waals surface area (Å²) < 4.78 is 5.55. The molecule has 0 saturated heterocycles. The molecule has 132 valence electrons. The van der Waals surface area contributed by atoms with Crippen LogP contribution >= 0.6 is 24.0 Å². The third kappa shape index (κ3) is 6.14. The van der Waals surface area contributed by atoms with Crippen LogP contribution in [0.5, 0.6) is 0 Å². The summed E-state index contributed by atoms with van der Waals surface area (Å²) in [5.41, 5.74) is 1.82. The molecule has 0 aliphatic heterocycles. The number of nitrogens with one attached hydrogen (secondary N) is 1. The molecule has 0 atom stereocenters. The zero-order valence-electron chi connectivity index (χ0n) is 14.7. The van der Waals surface area contributed by atoms with Crippen molar-refractivity contribution in [2.75, 3.05) is 20.1 Å². The zero-order valence-corrected chi connectivity index (χ0v) is 17.0. The van der Waals surface area contributed by atoms with Gasteiger partial charge >= 0.3 is 0 Å². The predicted molar refractivity (Wildman–Crippen MR) is 110 cm³/mol. The quantitative estimate of drug-likeness (QED) is 0.398. The Kier molecular flexibility index (Phi) is 9.44. The predicted octanol–water partition coefficient (Wildman–Crippen LogP) is 4.16. The first-order valence-electron chi connectivity index (χ1n) is 8.23. The first-order valence-corrected chi connectivity index (χ1v) is 8.23. The summed E-state index contributed by atoms with van der Waals surface area (Å²) in [6.07, 6.45) is 4.01. The maximum atomic E-state index is 5.55. The van der Waals surface area contributed by atoms with E-state index < -0.39 is 0 Å². The molecule has 24 heavy (non-hydrogen) atoms. The van der Waals surface area contributed by atoms with Crippen LogP contribution < -0.4 is 5.32 Å². The average molecular weight is 442 g/mol. The molecule has 2 aromatic rings. The van der Waals surface area contributed by atoms with E-state index in [0.29, 0.717) is 12.4 Å². The molecule has 1 aromatic heterocycles. The van der Waals surface area contributed by atoms with Crippen LogP contribution in [-0.2, 0) is 6.54 Å². The highest BCUT2D eigenvalue weighted by molar-refractivity contribution is 14.0. The molecule has 1 aromatic carbocycles. The molecule has 0 unspecified atom stereocenters. The van der Waals surface area contributed by atoms with Crippen molar-refractivity contribution in [2.45, 2.75) is 33.2 Å². The van der Waals surface area contributed by atoms with Crippen LogP contribution in [-0.4, -0.2) is 36.0 Å².